The third-order valence-corrected chi connectivity index (χ3v) is 13.7. The number of nitrogens with one attached hydrogen (secondary N) is 3. The van der Waals surface area contributed by atoms with Crippen LogP contribution in [0.15, 0.2) is 65.1 Å². The molecule has 2 aromatic carbocycles. The molecular formula is C43H49N7O9S. The van der Waals surface area contributed by atoms with Crippen molar-refractivity contribution in [3.8, 4) is 17.3 Å². The highest BCUT2D eigenvalue weighted by Gasteiger charge is 2.62. The summed E-state index contributed by atoms with van der Waals surface area (Å²) in [5.74, 6) is -4.66. The molecule has 4 heterocycles. The van der Waals surface area contributed by atoms with E-state index < -0.39 is 74.5 Å². The molecule has 1 saturated heterocycles. The Balaban J connectivity index is 1.15. The van der Waals surface area contributed by atoms with E-state index in [2.05, 4.69) is 36.1 Å². The van der Waals surface area contributed by atoms with Crippen molar-refractivity contribution in [3.05, 3.63) is 66.2 Å². The fraction of sp³-hybridized carbons (Fsp3) is 0.465. The van der Waals surface area contributed by atoms with Gasteiger partial charge in [0.15, 0.2) is 5.82 Å². The van der Waals surface area contributed by atoms with E-state index in [4.69, 9.17) is 24.9 Å². The van der Waals surface area contributed by atoms with Crippen molar-refractivity contribution in [1.29, 1.82) is 0 Å². The van der Waals surface area contributed by atoms with E-state index in [0.717, 1.165) is 22.9 Å². The number of aromatic nitrogens is 2. The smallest absolute Gasteiger partial charge is 0.309 e. The van der Waals surface area contributed by atoms with E-state index in [-0.39, 0.29) is 42.7 Å². The first-order chi connectivity index (χ1) is 28.5. The number of carbonyl (C=O) groups is 5. The summed E-state index contributed by atoms with van der Waals surface area (Å²) >= 11 is 0. The molecule has 2 aliphatic carbocycles. The van der Waals surface area contributed by atoms with Crippen LogP contribution in [0.1, 0.15) is 84.1 Å². The lowest BCUT2D eigenvalue weighted by atomic mass is 9.87. The third-order valence-electron chi connectivity index (χ3n) is 11.8. The average Bonchev–Trinajstić information content (AvgIpc) is 4.11. The Morgan fingerprint density at radius 2 is 1.75 bits per heavy atom. The molecule has 0 unspecified atom stereocenters. The van der Waals surface area contributed by atoms with E-state index in [9.17, 15) is 32.4 Å². The van der Waals surface area contributed by atoms with Crippen LogP contribution in [0.5, 0.6) is 5.88 Å². The van der Waals surface area contributed by atoms with Crippen LogP contribution < -0.4 is 25.8 Å². The Morgan fingerprint density at radius 1 is 1.00 bits per heavy atom. The molecule has 8 rings (SSSR count). The minimum absolute atomic E-state index is 0.0754. The fourth-order valence-corrected chi connectivity index (χ4v) is 9.49. The first kappa shape index (κ1) is 40.9. The van der Waals surface area contributed by atoms with Crippen molar-refractivity contribution in [2.45, 2.75) is 113 Å². The Kier molecular flexibility index (Phi) is 10.7. The van der Waals surface area contributed by atoms with Crippen molar-refractivity contribution in [2.24, 2.45) is 11.7 Å². The summed E-state index contributed by atoms with van der Waals surface area (Å²) in [7, 11) is -3.94. The van der Waals surface area contributed by atoms with Gasteiger partial charge in [0, 0.05) is 23.3 Å². The van der Waals surface area contributed by atoms with Crippen LogP contribution in [0.25, 0.3) is 33.5 Å². The summed E-state index contributed by atoms with van der Waals surface area (Å²) in [6.07, 6.45) is 6.51. The lowest BCUT2D eigenvalue weighted by Gasteiger charge is -2.29. The lowest BCUT2D eigenvalue weighted by Crippen LogP contribution is -2.58. The van der Waals surface area contributed by atoms with Crippen molar-refractivity contribution in [3.63, 3.8) is 0 Å². The number of furan rings is 1. The van der Waals surface area contributed by atoms with E-state index in [1.807, 2.05) is 54.6 Å². The zero-order chi connectivity index (χ0) is 42.6. The highest BCUT2D eigenvalue weighted by Crippen LogP contribution is 2.46. The van der Waals surface area contributed by atoms with Gasteiger partial charge >= 0.3 is 11.8 Å². The van der Waals surface area contributed by atoms with Crippen molar-refractivity contribution in [1.82, 2.24) is 30.2 Å². The molecule has 4 aromatic rings. The zero-order valence-corrected chi connectivity index (χ0v) is 34.5. The summed E-state index contributed by atoms with van der Waals surface area (Å²) in [4.78, 5) is 78.3. The van der Waals surface area contributed by atoms with E-state index in [1.165, 1.54) is 4.90 Å². The van der Waals surface area contributed by atoms with Gasteiger partial charge in [-0.25, -0.2) is 13.4 Å². The van der Waals surface area contributed by atoms with E-state index in [0.29, 0.717) is 49.0 Å². The van der Waals surface area contributed by atoms with Gasteiger partial charge in [-0.15, -0.1) is 0 Å². The molecule has 3 fully saturated rings. The summed E-state index contributed by atoms with van der Waals surface area (Å²) < 4.78 is 40.9. The maximum atomic E-state index is 14.5. The fourth-order valence-electron chi connectivity index (χ4n) is 8.13. The molecule has 316 valence electrons. The van der Waals surface area contributed by atoms with Gasteiger partial charge in [0.25, 0.3) is 11.8 Å². The van der Waals surface area contributed by atoms with E-state index >= 15 is 0 Å². The van der Waals surface area contributed by atoms with Crippen LogP contribution in [0.4, 0.5) is 0 Å². The summed E-state index contributed by atoms with van der Waals surface area (Å²) in [5.41, 5.74) is 6.78. The summed E-state index contributed by atoms with van der Waals surface area (Å²) in [6.45, 7) is 6.21. The Labute approximate surface area is 347 Å². The highest BCUT2D eigenvalue weighted by atomic mass is 32.2. The van der Waals surface area contributed by atoms with Crippen LogP contribution in [-0.4, -0.2) is 88.3 Å². The minimum Gasteiger partial charge on any atom is -0.470 e. The number of carbonyl (C=O) groups excluding carboxylic acids is 5. The van der Waals surface area contributed by atoms with Crippen molar-refractivity contribution in [2.75, 3.05) is 6.54 Å². The number of hydrogen-bond acceptors (Lipinski definition) is 11. The number of rotatable bonds is 7. The first-order valence-electron chi connectivity index (χ1n) is 20.5. The second-order valence-electron chi connectivity index (χ2n) is 17.3. The van der Waals surface area contributed by atoms with Gasteiger partial charge in [-0.3, -0.25) is 28.7 Å². The lowest BCUT2D eigenvalue weighted by molar-refractivity contribution is -0.144. The molecule has 17 heteroatoms. The van der Waals surface area contributed by atoms with E-state index in [1.54, 1.807) is 6.07 Å². The molecule has 2 saturated carbocycles. The number of para-hydroxylation sites is 1. The van der Waals surface area contributed by atoms with Gasteiger partial charge in [-0.2, -0.15) is 4.98 Å². The van der Waals surface area contributed by atoms with Crippen LogP contribution in [0.3, 0.4) is 0 Å². The van der Waals surface area contributed by atoms with Gasteiger partial charge in [-0.05, 0) is 61.6 Å². The molecule has 0 bridgehead atoms. The number of nitrogens with two attached hydrogens (primary N) is 1. The summed E-state index contributed by atoms with van der Waals surface area (Å²) in [5, 5.41) is 5.36. The monoisotopic (exact) mass is 839 g/mol. The maximum Gasteiger partial charge on any atom is 0.309 e. The average molecular weight is 840 g/mol. The molecule has 16 nitrogen and oxygen atoms in total. The van der Waals surface area contributed by atoms with Crippen LogP contribution in [0, 0.1) is 5.92 Å². The van der Waals surface area contributed by atoms with Crippen molar-refractivity contribution < 1.29 is 41.5 Å². The van der Waals surface area contributed by atoms with Gasteiger partial charge in [0.1, 0.15) is 34.8 Å². The van der Waals surface area contributed by atoms with Gasteiger partial charge in [-0.1, -0.05) is 82.2 Å². The molecule has 5 N–H and O–H groups in total. The number of ether oxygens (including phenoxy) is 1. The second-order valence-corrected chi connectivity index (χ2v) is 19.3. The molecule has 5 amide bonds. The first-order valence-corrected chi connectivity index (χ1v) is 22.0. The number of benzene rings is 2. The third kappa shape index (κ3) is 8.18. The Bertz CT molecular complexity index is 2530. The molecule has 2 aromatic heterocycles. The van der Waals surface area contributed by atoms with Gasteiger partial charge in [0.2, 0.25) is 27.4 Å². The molecule has 5 atom stereocenters. The highest BCUT2D eigenvalue weighted by molar-refractivity contribution is 7.91. The second kappa shape index (κ2) is 15.6. The molecule has 2 aliphatic heterocycles. The van der Waals surface area contributed by atoms with Crippen LogP contribution >= 0.6 is 0 Å². The van der Waals surface area contributed by atoms with Gasteiger partial charge in [0.05, 0.1) is 11.8 Å². The number of sulfonamides is 1. The predicted octanol–water partition coefficient (Wildman–Crippen LogP) is 3.66. The van der Waals surface area contributed by atoms with Crippen molar-refractivity contribution >= 4 is 61.6 Å². The molecule has 0 spiro atoms. The largest absolute Gasteiger partial charge is 0.470 e. The number of primary amides is 1. The quantitative estimate of drug-likeness (QED) is 0.155. The number of hydrogen-bond donors (Lipinski definition) is 4. The number of fused-ring (bicyclic) bond motifs is 5. The summed E-state index contributed by atoms with van der Waals surface area (Å²) in [6, 6.07) is 12.8. The van der Waals surface area contributed by atoms with Gasteiger partial charge < -0.3 is 30.4 Å². The van der Waals surface area contributed by atoms with Crippen LogP contribution in [0.2, 0.25) is 0 Å². The topological polar surface area (TPSA) is 233 Å². The number of nitrogens with zero attached hydrogens (tertiary/aromatic N) is 3. The number of allylic oxidation sites excluding steroid dienone is 1. The normalized spacial score (nSPS) is 25.6. The standard InChI is InChI=1S/C43H49N7O9S/c1-42(2,3)25-17-15-24(16-18-25)36-46-33-29-12-9-10-14-32(29)59-34(33)39(47-36)58-27-21-31-37(52)48-43(41(55)49-60(56,57)28-19-20-28)22-26(43)11-7-5-4-6-8-13-30(40(54)50(31)23-27)45-38(53)35(44)51/h7,9-12,14-18,26-28,30-31H,4-6,8,13,19-23H2,1-3H3,(H2,44,51)(H,45,53)(H,48,52)(H,49,55)/b11-7-/t26-,27-,30+,31+,43-/m1/s1. The number of amides is 5. The maximum absolute atomic E-state index is 14.5. The molecule has 0 radical (unpaired) electrons. The SMILES string of the molecule is CC(C)(C)c1ccc(-c2nc(O[C@@H]3C[C@H]4C(=O)N[C@]5(C(=O)NS(=O)(=O)C6CC6)C[C@H]5/C=C\CCCCC[C@H](NC(=O)C(N)=O)C(=O)N4C3)c3oc4ccccc4c3n2)cc1. The Morgan fingerprint density at radius 3 is 2.47 bits per heavy atom. The predicted molar refractivity (Wildman–Crippen MR) is 220 cm³/mol. The minimum atomic E-state index is -3.94. The van der Waals surface area contributed by atoms with Crippen LogP contribution in [-0.2, 0) is 39.4 Å². The molecule has 4 aliphatic rings. The Hall–Kier alpha value is -5.84. The zero-order valence-electron chi connectivity index (χ0n) is 33.7. The molecular weight excluding hydrogens is 791 g/mol. The molecule has 60 heavy (non-hydrogen) atoms.